The maximum Gasteiger partial charge on any atom is 0.266 e. The minimum absolute atomic E-state index is 0.117. The predicted molar refractivity (Wildman–Crippen MR) is 153 cm³/mol. The number of amides is 1. The fraction of sp³-hybridized carbons (Fsp3) is 0.0714. The van der Waals surface area contributed by atoms with E-state index in [0.29, 0.717) is 23.7 Å². The molecule has 0 fully saturated rings. The number of carbonyl (C=O) groups excluding carboxylic acids is 1. The Morgan fingerprint density at radius 1 is 1.06 bits per heavy atom. The average molecular weight is 629 g/mol. The van der Waals surface area contributed by atoms with Crippen molar-refractivity contribution in [1.82, 2.24) is 0 Å². The summed E-state index contributed by atoms with van der Waals surface area (Å²) < 4.78 is 12.5. The highest BCUT2D eigenvalue weighted by Gasteiger charge is 2.16. The standard InChI is InChI=1S/C28H19Cl2IN2O3/c1-35-25-14-17(12-20(15-32)28(34)33-26-22(29)10-5-11-23(26)30)13-24(31)27(25)36-16-19-8-4-7-18-6-2-3-9-21(18)19/h2-14H,16H2,1H3,(H,33,34)/b20-12+. The Hall–Kier alpha value is -3.25. The van der Waals surface area contributed by atoms with Crippen LogP contribution in [0.5, 0.6) is 11.5 Å². The molecule has 0 aliphatic heterocycles. The van der Waals surface area contributed by atoms with Gasteiger partial charge in [0.2, 0.25) is 0 Å². The van der Waals surface area contributed by atoms with Crippen molar-refractivity contribution in [3.05, 3.63) is 103 Å². The number of benzene rings is 4. The number of hydrogen-bond donors (Lipinski definition) is 1. The minimum atomic E-state index is -0.627. The number of nitrogens with zero attached hydrogens (tertiary/aromatic N) is 1. The fourth-order valence-electron chi connectivity index (χ4n) is 3.64. The summed E-state index contributed by atoms with van der Waals surface area (Å²) in [5.41, 5.74) is 1.78. The van der Waals surface area contributed by atoms with Gasteiger partial charge in [-0.25, -0.2) is 0 Å². The Morgan fingerprint density at radius 3 is 2.47 bits per heavy atom. The molecule has 1 amide bonds. The zero-order valence-corrected chi connectivity index (χ0v) is 22.7. The summed E-state index contributed by atoms with van der Waals surface area (Å²) in [4.78, 5) is 12.7. The van der Waals surface area contributed by atoms with Crippen LogP contribution in [0, 0.1) is 14.9 Å². The van der Waals surface area contributed by atoms with E-state index in [1.807, 2.05) is 36.4 Å². The van der Waals surface area contributed by atoms with Gasteiger partial charge in [0.15, 0.2) is 11.5 Å². The molecule has 1 N–H and O–H groups in total. The minimum Gasteiger partial charge on any atom is -0.493 e. The van der Waals surface area contributed by atoms with Gasteiger partial charge in [-0.15, -0.1) is 0 Å². The number of ether oxygens (including phenoxy) is 2. The fourth-order valence-corrected chi connectivity index (χ4v) is 4.92. The van der Waals surface area contributed by atoms with Crippen LogP contribution in [0.1, 0.15) is 11.1 Å². The molecule has 4 aromatic rings. The van der Waals surface area contributed by atoms with Crippen molar-refractivity contribution >= 4 is 74.2 Å². The van der Waals surface area contributed by atoms with E-state index in [4.69, 9.17) is 32.7 Å². The summed E-state index contributed by atoms with van der Waals surface area (Å²) in [6.07, 6.45) is 1.47. The van der Waals surface area contributed by atoms with E-state index in [2.05, 4.69) is 46.1 Å². The predicted octanol–water partition coefficient (Wildman–Crippen LogP) is 7.88. The monoisotopic (exact) mass is 628 g/mol. The van der Waals surface area contributed by atoms with Gasteiger partial charge in [0, 0.05) is 0 Å². The smallest absolute Gasteiger partial charge is 0.266 e. The zero-order valence-electron chi connectivity index (χ0n) is 19.0. The number of fused-ring (bicyclic) bond motifs is 1. The molecule has 0 bridgehead atoms. The summed E-state index contributed by atoms with van der Waals surface area (Å²) in [5, 5.41) is 15.0. The Bertz CT molecular complexity index is 1500. The van der Waals surface area contributed by atoms with Gasteiger partial charge in [-0.2, -0.15) is 5.26 Å². The molecule has 0 radical (unpaired) electrons. The number of nitrogens with one attached hydrogen (secondary N) is 1. The van der Waals surface area contributed by atoms with Crippen molar-refractivity contribution in [2.24, 2.45) is 0 Å². The Labute approximate surface area is 232 Å². The zero-order chi connectivity index (χ0) is 25.7. The molecule has 8 heteroatoms. The number of anilines is 1. The highest BCUT2D eigenvalue weighted by Crippen LogP contribution is 2.36. The molecule has 36 heavy (non-hydrogen) atoms. The number of methoxy groups -OCH3 is 1. The summed E-state index contributed by atoms with van der Waals surface area (Å²) in [5.74, 6) is 0.437. The van der Waals surface area contributed by atoms with Crippen molar-refractivity contribution in [2.75, 3.05) is 12.4 Å². The molecule has 0 saturated heterocycles. The molecule has 180 valence electrons. The number of nitriles is 1. The molecule has 4 rings (SSSR count). The van der Waals surface area contributed by atoms with E-state index in [1.54, 1.807) is 31.4 Å². The third kappa shape index (κ3) is 5.76. The largest absolute Gasteiger partial charge is 0.493 e. The van der Waals surface area contributed by atoms with Crippen molar-refractivity contribution in [1.29, 1.82) is 5.26 Å². The van der Waals surface area contributed by atoms with Gasteiger partial charge in [0.1, 0.15) is 18.2 Å². The van der Waals surface area contributed by atoms with Gasteiger partial charge in [-0.05, 0) is 74.8 Å². The second-order valence-corrected chi connectivity index (χ2v) is 9.66. The molecular weight excluding hydrogens is 610 g/mol. The van der Waals surface area contributed by atoms with Crippen LogP contribution in [-0.2, 0) is 11.4 Å². The molecule has 5 nitrogen and oxygen atoms in total. The quantitative estimate of drug-likeness (QED) is 0.128. The van der Waals surface area contributed by atoms with Crippen LogP contribution in [0.25, 0.3) is 16.8 Å². The lowest BCUT2D eigenvalue weighted by Crippen LogP contribution is -2.14. The van der Waals surface area contributed by atoms with Crippen LogP contribution in [0.3, 0.4) is 0 Å². The first-order valence-electron chi connectivity index (χ1n) is 10.8. The Morgan fingerprint density at radius 2 is 1.75 bits per heavy atom. The molecule has 0 aliphatic carbocycles. The van der Waals surface area contributed by atoms with Crippen molar-refractivity contribution in [3.8, 4) is 17.6 Å². The second kappa shape index (κ2) is 11.7. The van der Waals surface area contributed by atoms with Gasteiger partial charge in [-0.3, -0.25) is 4.79 Å². The van der Waals surface area contributed by atoms with Gasteiger partial charge in [-0.1, -0.05) is 71.7 Å². The first-order chi connectivity index (χ1) is 17.4. The number of para-hydroxylation sites is 1. The van der Waals surface area contributed by atoms with Crippen LogP contribution in [0.2, 0.25) is 10.0 Å². The van der Waals surface area contributed by atoms with E-state index in [0.717, 1.165) is 19.9 Å². The lowest BCUT2D eigenvalue weighted by atomic mass is 10.1. The summed E-state index contributed by atoms with van der Waals surface area (Å²) >= 11 is 14.4. The first kappa shape index (κ1) is 25.8. The molecule has 0 heterocycles. The molecule has 0 aromatic heterocycles. The topological polar surface area (TPSA) is 71.3 Å². The van der Waals surface area contributed by atoms with Crippen LogP contribution in [-0.4, -0.2) is 13.0 Å². The summed E-state index contributed by atoms with van der Waals surface area (Å²) in [6, 6.07) is 24.6. The molecule has 0 aliphatic rings. The van der Waals surface area contributed by atoms with Crippen molar-refractivity contribution < 1.29 is 14.3 Å². The number of hydrogen-bond acceptors (Lipinski definition) is 4. The highest BCUT2D eigenvalue weighted by molar-refractivity contribution is 14.1. The Kier molecular flexibility index (Phi) is 8.36. The average Bonchev–Trinajstić information content (AvgIpc) is 2.88. The van der Waals surface area contributed by atoms with E-state index in [-0.39, 0.29) is 21.3 Å². The van der Waals surface area contributed by atoms with E-state index >= 15 is 0 Å². The lowest BCUT2D eigenvalue weighted by molar-refractivity contribution is -0.112. The van der Waals surface area contributed by atoms with Crippen molar-refractivity contribution in [3.63, 3.8) is 0 Å². The van der Waals surface area contributed by atoms with Gasteiger partial charge >= 0.3 is 0 Å². The molecular formula is C28H19Cl2IN2O3. The van der Waals surface area contributed by atoms with Crippen LogP contribution >= 0.6 is 45.8 Å². The molecule has 0 unspecified atom stereocenters. The highest BCUT2D eigenvalue weighted by atomic mass is 127. The third-order valence-electron chi connectivity index (χ3n) is 5.38. The van der Waals surface area contributed by atoms with Crippen LogP contribution < -0.4 is 14.8 Å². The normalized spacial score (nSPS) is 11.1. The molecule has 4 aromatic carbocycles. The number of carbonyl (C=O) groups is 1. The van der Waals surface area contributed by atoms with Crippen molar-refractivity contribution in [2.45, 2.75) is 6.61 Å². The number of rotatable bonds is 7. The Balaban J connectivity index is 1.59. The van der Waals surface area contributed by atoms with Gasteiger partial charge < -0.3 is 14.8 Å². The molecule has 0 saturated carbocycles. The molecule has 0 atom stereocenters. The van der Waals surface area contributed by atoms with E-state index in [1.165, 1.54) is 6.08 Å². The van der Waals surface area contributed by atoms with Gasteiger partial charge in [0.25, 0.3) is 5.91 Å². The lowest BCUT2D eigenvalue weighted by Gasteiger charge is -2.15. The van der Waals surface area contributed by atoms with E-state index in [9.17, 15) is 10.1 Å². The van der Waals surface area contributed by atoms with Crippen LogP contribution in [0.4, 0.5) is 5.69 Å². The summed E-state index contributed by atoms with van der Waals surface area (Å²) in [6.45, 7) is 0.355. The SMILES string of the molecule is COc1cc(/C=C(\C#N)C(=O)Nc2c(Cl)cccc2Cl)cc(I)c1OCc1cccc2ccccc12. The summed E-state index contributed by atoms with van der Waals surface area (Å²) in [7, 11) is 1.54. The number of halogens is 3. The maximum atomic E-state index is 12.7. The van der Waals surface area contributed by atoms with Gasteiger partial charge in [0.05, 0.1) is 26.4 Å². The van der Waals surface area contributed by atoms with E-state index < -0.39 is 5.91 Å². The van der Waals surface area contributed by atoms with Crippen LogP contribution in [0.15, 0.2) is 78.4 Å². The third-order valence-corrected chi connectivity index (χ3v) is 6.81. The molecule has 0 spiro atoms. The first-order valence-corrected chi connectivity index (χ1v) is 12.6. The maximum absolute atomic E-state index is 12.7. The second-order valence-electron chi connectivity index (χ2n) is 7.68.